The quantitative estimate of drug-likeness (QED) is 0.160. The van der Waals surface area contributed by atoms with Gasteiger partial charge in [-0.25, -0.2) is 0 Å². The van der Waals surface area contributed by atoms with Crippen molar-refractivity contribution in [3.05, 3.63) is 0 Å². The van der Waals surface area contributed by atoms with Crippen LogP contribution in [0.1, 0.15) is 0 Å². The minimum Gasteiger partial charge on any atom is -1.00 e. The molecular weight excluding hydrogens is 2770 g/mol. The van der Waals surface area contributed by atoms with E-state index in [0.29, 0.717) is 0 Å². The second-order valence-corrected chi connectivity index (χ2v) is 69.8. The van der Waals surface area contributed by atoms with Gasteiger partial charge in [-0.05, 0) is 0 Å². The van der Waals surface area contributed by atoms with Crippen LogP contribution in [0.25, 0.3) is 0 Å². The molecule has 0 aromatic carbocycles. The molecule has 0 aliphatic carbocycles. The largest absolute Gasteiger partial charge is 2.00 e. The van der Waals surface area contributed by atoms with E-state index in [0.717, 1.165) is 0 Å². The van der Waals surface area contributed by atoms with Crippen molar-refractivity contribution in [2.75, 3.05) is 0 Å². The van der Waals surface area contributed by atoms with E-state index in [1.807, 2.05) is 0 Å². The predicted molar refractivity (Wildman–Crippen MR) is 291 cm³/mol. The van der Waals surface area contributed by atoms with Gasteiger partial charge in [0.1, 0.15) is 0 Å². The van der Waals surface area contributed by atoms with Gasteiger partial charge in [0.2, 0.25) is 0 Å². The third-order valence-corrected chi connectivity index (χ3v) is 81.0. The number of hydrogen-bond donors (Lipinski definition) is 0. The SMILES string of the molecule is O=[Si]=O.O=[Si]=O.O=[Si]=O.[F-].[F-].[F-].[F-].[F-].[F-].[F-].[F-].[F-].[F-].[F-].[F-].[F-].[F-].[F-].[F-].[F-].[F-].[Mg+2].[Mg+2].[Mg+2].[Mg+2].[Mg+2].[Mg+2].[Mg+2].[Mg+2].[Mg+2].[Mg+2].[Mg+2].[Mg+2].[Mg+2].[Mg+2].[Mg+2].[Mg+2].[Na+].[Na+].[Na+].[Na+].[Na+].[Na+].[Na+].[Na+].[Na+].[Na+].[O-][Si]12O[Si]3([O-])O[Si]([O-])(O1)O[Si]([O-])(O2)O3.[O-][Si]12O[Si]3([O-])O[Si]([O-])(O1)O[Si]([O-])(O2)O3.[O-][Si]12O[Si]3([O-])O[Si]([O-])(O1)O[Si]([O-])(O2)O3.[O-][Si]12O[Si]3([O-])O[Si]([O-])(O1)O[Si]([O-])(O2)O3.[O-][Si]12O[Si]3([O-])O[Si]([O-])(O1)O[Si]([O-])(O2)O3.[O-][Si]12O[Si]3([O-])O[Si]([O-])(O1)O[Si]([O-])(O2)O3. The molecule has 24 saturated heterocycles. The van der Waals surface area contributed by atoms with Gasteiger partial charge in [0, 0.05) is 0 Å². The number of halogens is 18. The smallest absolute Gasteiger partial charge is 1.00 e. The van der Waals surface area contributed by atoms with E-state index in [1.165, 1.54) is 0 Å². The summed E-state index contributed by atoms with van der Waals surface area (Å²) in [6.45, 7) is 0. The average molecular weight is 2770 g/mol. The Bertz CT molecular complexity index is 2160. The summed E-state index contributed by atoms with van der Waals surface area (Å²) in [6.07, 6.45) is 0. The summed E-state index contributed by atoms with van der Waals surface area (Å²) in [5.74, 6) is 0. The Morgan fingerprint density at radius 3 is 0.124 bits per heavy atom. The van der Waals surface area contributed by atoms with Gasteiger partial charge < -0.3 is 348 Å². The first kappa shape index (κ1) is 259. The Kier molecular flexibility index (Phi) is 177. The number of rotatable bonds is 0. The van der Waals surface area contributed by atoms with Crippen LogP contribution in [0, 0.1) is 0 Å². The van der Waals surface area contributed by atoms with Gasteiger partial charge in [0.15, 0.2) is 0 Å². The van der Waals surface area contributed by atoms with Crippen molar-refractivity contribution in [1.29, 1.82) is 0 Å². The Morgan fingerprint density at radius 1 is 0.0949 bits per heavy atom. The average Bonchev–Trinajstić information content (AvgIpc) is 0.739. The third kappa shape index (κ3) is 68.8. The van der Waals surface area contributed by atoms with Gasteiger partial charge in [0.25, 0.3) is 0 Å². The zero-order chi connectivity index (χ0) is 69.6. The molecule has 24 rings (SSSR count). The molecule has 0 spiro atoms. The van der Waals surface area contributed by atoms with E-state index < -0.39 is 245 Å². The fourth-order valence-electron chi connectivity index (χ4n) is 7.01. The third-order valence-electron chi connectivity index (χ3n) is 9.00. The standard InChI is InChI=1S/18FH.16Mg.10Na.6O10Si4.3O2Si/c;;;;;;;;;;;;;;;;;;;;;;;;;;;;;;;;;;;;;;;;;;;;6*1-11-5-12(2)8-13(3,6-11)10-14(4,7-11)9-12;3*1-3-2/h18*1H;;;;;;;;;;;;;;;;;;;;;;;;;;;;;;;;;;;/q;;;;;;;;;;;;;;;;;;16*+2;10*+1;6*-4;;;/p-18. The van der Waals surface area contributed by atoms with E-state index >= 15 is 0 Å². The van der Waals surface area contributed by atoms with Gasteiger partial charge in [-0.15, -0.1) is 0 Å². The van der Waals surface area contributed by atoms with Crippen LogP contribution in [0.5, 0.6) is 0 Å². The molecule has 0 aromatic rings. The zero-order valence-electron chi connectivity index (χ0n) is 68.6. The molecule has 0 atom stereocenters. The van der Waals surface area contributed by atoms with Crippen LogP contribution in [0.3, 0.4) is 0 Å². The topological polar surface area (TPSA) is 988 Å². The van der Waals surface area contributed by atoms with Crippen molar-refractivity contribution in [2.24, 2.45) is 0 Å². The molecule has 24 aliphatic rings. The fourth-order valence-corrected chi connectivity index (χ4v) is 90.1. The van der Waals surface area contributed by atoms with E-state index in [2.05, 4.69) is 148 Å². The van der Waals surface area contributed by atoms with Crippen molar-refractivity contribution in [3.8, 4) is 0 Å². The van der Waals surface area contributed by atoms with Crippen molar-refractivity contribution in [2.45, 2.75) is 0 Å². The van der Waals surface area contributed by atoms with Gasteiger partial charge in [-0.1, -0.05) is 0 Å². The van der Waals surface area contributed by atoms with Crippen molar-refractivity contribution in [1.82, 2.24) is 0 Å². The first-order valence-corrected chi connectivity index (χ1v) is 62.5. The van der Waals surface area contributed by atoms with E-state index in [1.54, 1.807) is 0 Å². The van der Waals surface area contributed by atoms with Crippen LogP contribution >= 0.6 is 0 Å². The molecular formula is F18Mg16Na10O66Si27. The molecule has 66 nitrogen and oxygen atoms in total. The van der Waals surface area contributed by atoms with Gasteiger partial charge >= 0.3 is 909 Å². The summed E-state index contributed by atoms with van der Waals surface area (Å²) < 4.78 is 201. The summed E-state index contributed by atoms with van der Waals surface area (Å²) >= 11 is 0. The molecule has 0 N–H and O–H groups in total. The maximum absolute atomic E-state index is 11.3. The van der Waals surface area contributed by atoms with Crippen LogP contribution in [0.2, 0.25) is 0 Å². The normalized spacial score (nSPS) is 40.6. The summed E-state index contributed by atoms with van der Waals surface area (Å²) in [7, 11) is -117. The molecule has 137 heavy (non-hydrogen) atoms. The molecule has 0 amide bonds. The molecule has 0 saturated carbocycles. The Labute approximate surface area is 1260 Å². The van der Waals surface area contributed by atoms with Gasteiger partial charge in [-0.2, -0.15) is 0 Å². The minimum absolute atomic E-state index is 0. The molecule has 0 aromatic heterocycles. The minimum atomic E-state index is -4.69. The van der Waals surface area contributed by atoms with Crippen molar-refractivity contribution < 1.29 is 670 Å². The molecule has 672 valence electrons. The maximum Gasteiger partial charge on any atom is 2.00 e. The van der Waals surface area contributed by atoms with Crippen molar-refractivity contribution in [3.63, 3.8) is 0 Å². The van der Waals surface area contributed by atoms with Crippen LogP contribution < -0.4 is 495 Å². The second kappa shape index (κ2) is 93.8. The van der Waals surface area contributed by atoms with E-state index in [9.17, 15) is 115 Å². The van der Waals surface area contributed by atoms with Gasteiger partial charge in [0.05, 0.1) is 0 Å². The first-order valence-electron chi connectivity index (χ1n) is 20.8. The van der Waals surface area contributed by atoms with Crippen LogP contribution in [0.4, 0.5) is 0 Å². The summed E-state index contributed by atoms with van der Waals surface area (Å²) in [4.78, 5) is 272. The summed E-state index contributed by atoms with van der Waals surface area (Å²) in [5.41, 5.74) is 0. The van der Waals surface area contributed by atoms with E-state index in [-0.39, 0.29) is 749 Å². The molecule has 24 aliphatic heterocycles. The second-order valence-electron chi connectivity index (χ2n) is 15.9. The molecule has 24 heterocycles. The molecule has 137 heteroatoms. The monoisotopic (exact) mass is 2770 g/mol. The molecule has 24 fully saturated rings. The van der Waals surface area contributed by atoms with Crippen LogP contribution in [-0.4, -0.2) is 614 Å². The van der Waals surface area contributed by atoms with Gasteiger partial charge in [-0.3, -0.25) is 26.8 Å². The van der Waals surface area contributed by atoms with E-state index in [4.69, 9.17) is 26.8 Å². The van der Waals surface area contributed by atoms with Crippen molar-refractivity contribution >= 4 is 614 Å². The first-order chi connectivity index (χ1) is 41.7. The Balaban J connectivity index is -0.0000000255. The van der Waals surface area contributed by atoms with Crippen LogP contribution in [0.15, 0.2) is 0 Å². The number of hydrogen-bond acceptors (Lipinski definition) is 66. The molecule has 24 bridgehead atoms. The molecule has 0 radical (unpaired) electrons. The summed E-state index contributed by atoms with van der Waals surface area (Å²) in [5, 5.41) is 0. The van der Waals surface area contributed by atoms with Crippen LogP contribution in [-0.2, 0) is 175 Å². The predicted octanol–water partition coefficient (Wildman–Crippen LogP) is -132. The fraction of sp³-hybridized carbons (Fsp3) is 0. The molecule has 0 unspecified atom stereocenters. The zero-order valence-corrected chi connectivity index (χ0v) is 138. The summed E-state index contributed by atoms with van der Waals surface area (Å²) in [6, 6.07) is 0. The Morgan fingerprint density at radius 2 is 0.109 bits per heavy atom. The Hall–Kier alpha value is 23.3. The maximum atomic E-state index is 11.3.